The van der Waals surface area contributed by atoms with Crippen molar-refractivity contribution in [2.75, 3.05) is 50.8 Å². The maximum atomic E-state index is 11.4. The van der Waals surface area contributed by atoms with E-state index < -0.39 is 0 Å². The Morgan fingerprint density at radius 3 is 2.88 bits per heavy atom. The summed E-state index contributed by atoms with van der Waals surface area (Å²) in [6, 6.07) is 4.99. The molecule has 0 aliphatic carbocycles. The Morgan fingerprint density at radius 1 is 1.24 bits per heavy atom. The topological polar surface area (TPSA) is 84.6 Å². The molecule has 0 radical (unpaired) electrons. The molecule has 1 atom stereocenters. The predicted molar refractivity (Wildman–Crippen MR) is 93.8 cm³/mol. The molecule has 8 heteroatoms. The zero-order valence-corrected chi connectivity index (χ0v) is 14.0. The van der Waals surface area contributed by atoms with E-state index in [1.54, 1.807) is 12.1 Å². The Labute approximate surface area is 145 Å². The number of nitro groups is 1. The van der Waals surface area contributed by atoms with Gasteiger partial charge in [-0.15, -0.1) is 0 Å². The molecule has 25 heavy (non-hydrogen) atoms. The van der Waals surface area contributed by atoms with E-state index in [0.29, 0.717) is 22.6 Å². The molecule has 0 bridgehead atoms. The van der Waals surface area contributed by atoms with E-state index in [4.69, 9.17) is 4.74 Å². The second-order valence-electron chi connectivity index (χ2n) is 6.64. The lowest BCUT2D eigenvalue weighted by Gasteiger charge is -2.29. The lowest BCUT2D eigenvalue weighted by Crippen LogP contribution is -2.39. The van der Waals surface area contributed by atoms with Crippen LogP contribution in [0.4, 0.5) is 11.5 Å². The van der Waals surface area contributed by atoms with Crippen LogP contribution in [0, 0.1) is 16.0 Å². The van der Waals surface area contributed by atoms with Gasteiger partial charge in [0.1, 0.15) is 17.5 Å². The van der Waals surface area contributed by atoms with Gasteiger partial charge in [-0.2, -0.15) is 0 Å². The highest BCUT2D eigenvalue weighted by Crippen LogP contribution is 2.34. The average Bonchev–Trinajstić information content (AvgIpc) is 3.09. The predicted octanol–water partition coefficient (Wildman–Crippen LogP) is 1.70. The maximum absolute atomic E-state index is 11.4. The number of benzene rings is 1. The number of nitro benzene ring substituents is 1. The first-order chi connectivity index (χ1) is 12.2. The standard InChI is InChI=1S/C17H21N5O3/c23-22(24)15-3-1-2-14-16(15)17(19-12-18-14)21-5-4-13(11-21)10-20-6-8-25-9-7-20/h1-3,12-13H,4-11H2/t13-/m1/s1. The lowest BCUT2D eigenvalue weighted by molar-refractivity contribution is -0.383. The molecule has 0 spiro atoms. The Kier molecular flexibility index (Phi) is 4.46. The van der Waals surface area contributed by atoms with Crippen molar-refractivity contribution in [2.45, 2.75) is 6.42 Å². The van der Waals surface area contributed by atoms with Gasteiger partial charge in [-0.3, -0.25) is 15.0 Å². The Morgan fingerprint density at radius 2 is 2.08 bits per heavy atom. The van der Waals surface area contributed by atoms with Gasteiger partial charge in [-0.1, -0.05) is 6.07 Å². The van der Waals surface area contributed by atoms with Crippen molar-refractivity contribution in [3.63, 3.8) is 0 Å². The van der Waals surface area contributed by atoms with E-state index >= 15 is 0 Å². The van der Waals surface area contributed by atoms with Crippen molar-refractivity contribution < 1.29 is 9.66 Å². The van der Waals surface area contributed by atoms with Gasteiger partial charge < -0.3 is 9.64 Å². The SMILES string of the molecule is O=[N+]([O-])c1cccc2ncnc(N3CC[C@H](CN4CCOCC4)C3)c12. The number of aromatic nitrogens is 2. The summed E-state index contributed by atoms with van der Waals surface area (Å²) in [4.78, 5) is 24.3. The van der Waals surface area contributed by atoms with Crippen LogP contribution in [0.1, 0.15) is 6.42 Å². The first-order valence-electron chi connectivity index (χ1n) is 8.65. The van der Waals surface area contributed by atoms with E-state index in [-0.39, 0.29) is 10.6 Å². The van der Waals surface area contributed by atoms with E-state index in [0.717, 1.165) is 52.4 Å². The number of hydrogen-bond donors (Lipinski definition) is 0. The molecular formula is C17H21N5O3. The summed E-state index contributed by atoms with van der Waals surface area (Å²) < 4.78 is 5.41. The summed E-state index contributed by atoms with van der Waals surface area (Å²) in [5, 5.41) is 12.0. The summed E-state index contributed by atoms with van der Waals surface area (Å²) in [6.45, 7) is 6.36. The molecule has 132 valence electrons. The zero-order valence-electron chi connectivity index (χ0n) is 14.0. The van der Waals surface area contributed by atoms with Gasteiger partial charge in [0, 0.05) is 38.8 Å². The number of ether oxygens (including phenoxy) is 1. The molecule has 0 N–H and O–H groups in total. The number of anilines is 1. The van der Waals surface area contributed by atoms with Gasteiger partial charge in [0.25, 0.3) is 5.69 Å². The third-order valence-corrected chi connectivity index (χ3v) is 5.02. The van der Waals surface area contributed by atoms with E-state index in [1.807, 2.05) is 0 Å². The van der Waals surface area contributed by atoms with Crippen molar-refractivity contribution in [3.8, 4) is 0 Å². The van der Waals surface area contributed by atoms with Crippen LogP contribution in [-0.2, 0) is 4.74 Å². The second-order valence-corrected chi connectivity index (χ2v) is 6.64. The molecule has 0 amide bonds. The summed E-state index contributed by atoms with van der Waals surface area (Å²) in [7, 11) is 0. The summed E-state index contributed by atoms with van der Waals surface area (Å²) >= 11 is 0. The molecular weight excluding hydrogens is 322 g/mol. The van der Waals surface area contributed by atoms with Gasteiger partial charge in [-0.05, 0) is 18.4 Å². The minimum absolute atomic E-state index is 0.0738. The van der Waals surface area contributed by atoms with Crippen LogP contribution in [0.15, 0.2) is 24.5 Å². The monoisotopic (exact) mass is 343 g/mol. The molecule has 3 heterocycles. The molecule has 2 aliphatic rings. The van der Waals surface area contributed by atoms with Crippen molar-refractivity contribution in [1.82, 2.24) is 14.9 Å². The maximum Gasteiger partial charge on any atom is 0.282 e. The van der Waals surface area contributed by atoms with Crippen LogP contribution in [-0.4, -0.2) is 65.7 Å². The minimum atomic E-state index is -0.351. The van der Waals surface area contributed by atoms with Crippen LogP contribution in [0.2, 0.25) is 0 Å². The fourth-order valence-electron chi connectivity index (χ4n) is 3.79. The third kappa shape index (κ3) is 3.27. The summed E-state index contributed by atoms with van der Waals surface area (Å²) in [6.07, 6.45) is 2.57. The largest absolute Gasteiger partial charge is 0.379 e. The second kappa shape index (κ2) is 6.89. The quantitative estimate of drug-likeness (QED) is 0.617. The molecule has 1 aromatic carbocycles. The third-order valence-electron chi connectivity index (χ3n) is 5.02. The Bertz CT molecular complexity index is 773. The Hall–Kier alpha value is -2.32. The minimum Gasteiger partial charge on any atom is -0.379 e. The van der Waals surface area contributed by atoms with Crippen LogP contribution in [0.5, 0.6) is 0 Å². The van der Waals surface area contributed by atoms with Crippen molar-refractivity contribution in [1.29, 1.82) is 0 Å². The number of rotatable bonds is 4. The number of morpholine rings is 1. The lowest BCUT2D eigenvalue weighted by atomic mass is 10.1. The fraction of sp³-hybridized carbons (Fsp3) is 0.529. The van der Waals surface area contributed by atoms with E-state index in [9.17, 15) is 10.1 Å². The average molecular weight is 343 g/mol. The molecule has 0 saturated carbocycles. The molecule has 0 unspecified atom stereocenters. The van der Waals surface area contributed by atoms with Crippen molar-refractivity contribution in [2.24, 2.45) is 5.92 Å². The van der Waals surface area contributed by atoms with Crippen LogP contribution < -0.4 is 4.90 Å². The first-order valence-corrected chi connectivity index (χ1v) is 8.65. The first kappa shape index (κ1) is 16.2. The molecule has 2 fully saturated rings. The number of hydrogen-bond acceptors (Lipinski definition) is 7. The number of fused-ring (bicyclic) bond motifs is 1. The van der Waals surface area contributed by atoms with Crippen molar-refractivity contribution >= 4 is 22.4 Å². The molecule has 1 aromatic heterocycles. The molecule has 2 saturated heterocycles. The van der Waals surface area contributed by atoms with Crippen LogP contribution in [0.3, 0.4) is 0 Å². The van der Waals surface area contributed by atoms with Gasteiger partial charge in [0.05, 0.1) is 23.7 Å². The molecule has 2 aliphatic heterocycles. The fourth-order valence-corrected chi connectivity index (χ4v) is 3.79. The molecule has 8 nitrogen and oxygen atoms in total. The van der Waals surface area contributed by atoms with E-state index in [2.05, 4.69) is 19.8 Å². The highest BCUT2D eigenvalue weighted by atomic mass is 16.6. The van der Waals surface area contributed by atoms with Gasteiger partial charge in [0.2, 0.25) is 0 Å². The van der Waals surface area contributed by atoms with Gasteiger partial charge >= 0.3 is 0 Å². The van der Waals surface area contributed by atoms with Crippen LogP contribution >= 0.6 is 0 Å². The molecule has 4 rings (SSSR count). The van der Waals surface area contributed by atoms with Gasteiger partial charge in [-0.25, -0.2) is 9.97 Å². The summed E-state index contributed by atoms with van der Waals surface area (Å²) in [5.41, 5.74) is 0.695. The smallest absolute Gasteiger partial charge is 0.282 e. The number of nitrogens with zero attached hydrogens (tertiary/aromatic N) is 5. The zero-order chi connectivity index (χ0) is 17.2. The van der Waals surface area contributed by atoms with Crippen LogP contribution in [0.25, 0.3) is 10.9 Å². The van der Waals surface area contributed by atoms with Crippen molar-refractivity contribution in [3.05, 3.63) is 34.6 Å². The van der Waals surface area contributed by atoms with Gasteiger partial charge in [0.15, 0.2) is 0 Å². The Balaban J connectivity index is 1.57. The molecule has 2 aromatic rings. The normalized spacial score (nSPS) is 21.8. The highest BCUT2D eigenvalue weighted by molar-refractivity contribution is 5.97. The number of non-ortho nitro benzene ring substituents is 1. The summed E-state index contributed by atoms with van der Waals surface area (Å²) in [5.74, 6) is 1.23. The van der Waals surface area contributed by atoms with E-state index in [1.165, 1.54) is 12.4 Å². The highest BCUT2D eigenvalue weighted by Gasteiger charge is 2.29.